The Labute approximate surface area is 108 Å². The highest BCUT2D eigenvalue weighted by Gasteiger charge is 2.11. The smallest absolute Gasteiger partial charge is 0.251 e. The maximum absolute atomic E-state index is 11.9. The topological polar surface area (TPSA) is 65.8 Å². The molecule has 1 rings (SSSR count). The number of nitriles is 1. The molecule has 0 radical (unpaired) electrons. The predicted molar refractivity (Wildman–Crippen MR) is 70.0 cm³/mol. The highest BCUT2D eigenvalue weighted by atomic mass is 16.1. The Morgan fingerprint density at radius 2 is 2.22 bits per heavy atom. The second-order valence-electron chi connectivity index (χ2n) is 5.44. The first-order valence-electron chi connectivity index (χ1n) is 6.02. The summed E-state index contributed by atoms with van der Waals surface area (Å²) in [7, 11) is 0. The maximum Gasteiger partial charge on any atom is 0.251 e. The molecule has 0 unspecified atom stereocenters. The van der Waals surface area contributed by atoms with Crippen molar-refractivity contribution in [3.8, 4) is 6.07 Å². The molecule has 1 aromatic rings. The molecule has 1 N–H and O–H groups in total. The van der Waals surface area contributed by atoms with Gasteiger partial charge in [-0.2, -0.15) is 5.26 Å². The molecule has 0 spiro atoms. The molecule has 0 aliphatic rings. The van der Waals surface area contributed by atoms with Gasteiger partial charge in [0.05, 0.1) is 18.2 Å². The lowest BCUT2D eigenvalue weighted by Crippen LogP contribution is -2.27. The average Bonchev–Trinajstić information content (AvgIpc) is 2.28. The summed E-state index contributed by atoms with van der Waals surface area (Å²) in [6.45, 7) is 7.06. The van der Waals surface area contributed by atoms with Gasteiger partial charge in [0.2, 0.25) is 0 Å². The summed E-state index contributed by atoms with van der Waals surface area (Å²) in [5.41, 5.74) is 1.39. The van der Waals surface area contributed by atoms with Crippen LogP contribution >= 0.6 is 0 Å². The van der Waals surface area contributed by atoms with Crippen LogP contribution in [0.4, 0.5) is 0 Å². The minimum atomic E-state index is -0.110. The molecule has 0 atom stereocenters. The minimum Gasteiger partial charge on any atom is -0.352 e. The number of amides is 1. The third kappa shape index (κ3) is 4.96. The van der Waals surface area contributed by atoms with Gasteiger partial charge in [-0.1, -0.05) is 20.8 Å². The molecule has 0 aromatic carbocycles. The Hall–Kier alpha value is -1.89. The Morgan fingerprint density at radius 1 is 1.50 bits per heavy atom. The molecule has 1 aromatic heterocycles. The van der Waals surface area contributed by atoms with Crippen molar-refractivity contribution >= 4 is 5.91 Å². The zero-order valence-electron chi connectivity index (χ0n) is 11.2. The van der Waals surface area contributed by atoms with Crippen LogP contribution in [-0.2, 0) is 6.42 Å². The standard InChI is InChI=1S/C14H19N3O/c1-14(2,3)6-9-17-13(18)11-5-8-16-12(10-11)4-7-15/h5,8,10H,4,6,9H2,1-3H3,(H,17,18). The van der Waals surface area contributed by atoms with Crippen LogP contribution in [0, 0.1) is 16.7 Å². The molecule has 0 fully saturated rings. The first-order chi connectivity index (χ1) is 8.42. The Morgan fingerprint density at radius 3 is 2.83 bits per heavy atom. The molecule has 0 saturated carbocycles. The van der Waals surface area contributed by atoms with E-state index in [1.165, 1.54) is 0 Å². The van der Waals surface area contributed by atoms with Crippen LogP contribution in [0.25, 0.3) is 0 Å². The molecule has 0 aliphatic carbocycles. The monoisotopic (exact) mass is 245 g/mol. The van der Waals surface area contributed by atoms with Gasteiger partial charge in [-0.05, 0) is 24.0 Å². The van der Waals surface area contributed by atoms with E-state index in [0.717, 1.165) is 6.42 Å². The van der Waals surface area contributed by atoms with Crippen LogP contribution in [0.2, 0.25) is 0 Å². The minimum absolute atomic E-state index is 0.110. The van der Waals surface area contributed by atoms with Crippen LogP contribution < -0.4 is 5.32 Å². The normalized spacial score (nSPS) is 10.8. The summed E-state index contributed by atoms with van der Waals surface area (Å²) in [6, 6.07) is 5.34. The molecule has 4 heteroatoms. The molecule has 1 heterocycles. The van der Waals surface area contributed by atoms with Crippen molar-refractivity contribution < 1.29 is 4.79 Å². The van der Waals surface area contributed by atoms with Crippen molar-refractivity contribution in [3.05, 3.63) is 29.6 Å². The summed E-state index contributed by atoms with van der Waals surface area (Å²) in [5.74, 6) is -0.110. The van der Waals surface area contributed by atoms with E-state index in [2.05, 4.69) is 31.1 Å². The summed E-state index contributed by atoms with van der Waals surface area (Å²) in [6.07, 6.45) is 2.71. The number of rotatable bonds is 4. The fourth-order valence-electron chi connectivity index (χ4n) is 1.45. The van der Waals surface area contributed by atoms with Crippen LogP contribution in [0.3, 0.4) is 0 Å². The Kier molecular flexibility index (Phi) is 4.85. The number of hydrogen-bond donors (Lipinski definition) is 1. The van der Waals surface area contributed by atoms with Gasteiger partial charge in [-0.3, -0.25) is 9.78 Å². The summed E-state index contributed by atoms with van der Waals surface area (Å²) in [5, 5.41) is 11.5. The van der Waals surface area contributed by atoms with Gasteiger partial charge in [0.15, 0.2) is 0 Å². The van der Waals surface area contributed by atoms with Crippen LogP contribution in [-0.4, -0.2) is 17.4 Å². The second kappa shape index (κ2) is 6.15. The lowest BCUT2D eigenvalue weighted by atomic mass is 9.92. The van der Waals surface area contributed by atoms with Crippen molar-refractivity contribution in [2.24, 2.45) is 5.41 Å². The zero-order chi connectivity index (χ0) is 13.6. The van der Waals surface area contributed by atoms with Crippen molar-refractivity contribution in [1.29, 1.82) is 5.26 Å². The Bertz CT molecular complexity index is 455. The van der Waals surface area contributed by atoms with Gasteiger partial charge in [0.1, 0.15) is 0 Å². The molecule has 0 aliphatic heterocycles. The third-order valence-corrected chi connectivity index (χ3v) is 2.50. The Balaban J connectivity index is 2.57. The number of nitrogens with zero attached hydrogens (tertiary/aromatic N) is 2. The van der Waals surface area contributed by atoms with Gasteiger partial charge in [0.25, 0.3) is 5.91 Å². The first-order valence-corrected chi connectivity index (χ1v) is 6.02. The summed E-state index contributed by atoms with van der Waals surface area (Å²) >= 11 is 0. The van der Waals surface area contributed by atoms with E-state index < -0.39 is 0 Å². The van der Waals surface area contributed by atoms with E-state index in [-0.39, 0.29) is 17.7 Å². The molecular formula is C14H19N3O. The largest absolute Gasteiger partial charge is 0.352 e. The van der Waals surface area contributed by atoms with Crippen LogP contribution in [0.1, 0.15) is 43.2 Å². The predicted octanol–water partition coefficient (Wildman–Crippen LogP) is 2.31. The van der Waals surface area contributed by atoms with Gasteiger partial charge < -0.3 is 5.32 Å². The van der Waals surface area contributed by atoms with Gasteiger partial charge in [-0.25, -0.2) is 0 Å². The lowest BCUT2D eigenvalue weighted by molar-refractivity contribution is 0.0949. The molecular weight excluding hydrogens is 226 g/mol. The number of carbonyl (C=O) groups excluding carboxylic acids is 1. The number of nitrogens with one attached hydrogen (secondary N) is 1. The highest BCUT2D eigenvalue weighted by Crippen LogP contribution is 2.17. The maximum atomic E-state index is 11.9. The molecule has 18 heavy (non-hydrogen) atoms. The molecule has 96 valence electrons. The van der Waals surface area contributed by atoms with E-state index in [0.29, 0.717) is 17.8 Å². The van der Waals surface area contributed by atoms with E-state index in [4.69, 9.17) is 5.26 Å². The van der Waals surface area contributed by atoms with E-state index in [1.54, 1.807) is 18.3 Å². The number of aromatic nitrogens is 1. The molecule has 0 saturated heterocycles. The van der Waals surface area contributed by atoms with E-state index in [1.807, 2.05) is 6.07 Å². The molecule has 1 amide bonds. The molecule has 0 bridgehead atoms. The van der Waals surface area contributed by atoms with Crippen molar-refractivity contribution in [1.82, 2.24) is 10.3 Å². The zero-order valence-corrected chi connectivity index (χ0v) is 11.2. The fourth-order valence-corrected chi connectivity index (χ4v) is 1.45. The lowest BCUT2D eigenvalue weighted by Gasteiger charge is -2.18. The second-order valence-corrected chi connectivity index (χ2v) is 5.44. The highest BCUT2D eigenvalue weighted by molar-refractivity contribution is 5.94. The van der Waals surface area contributed by atoms with Crippen molar-refractivity contribution in [2.75, 3.05) is 6.54 Å². The quantitative estimate of drug-likeness (QED) is 0.885. The van der Waals surface area contributed by atoms with E-state index in [9.17, 15) is 4.79 Å². The summed E-state index contributed by atoms with van der Waals surface area (Å²) in [4.78, 5) is 15.9. The van der Waals surface area contributed by atoms with Gasteiger partial charge >= 0.3 is 0 Å². The SMILES string of the molecule is CC(C)(C)CCNC(=O)c1ccnc(CC#N)c1. The van der Waals surface area contributed by atoms with E-state index >= 15 is 0 Å². The van der Waals surface area contributed by atoms with Gasteiger partial charge in [0, 0.05) is 18.3 Å². The molecule has 4 nitrogen and oxygen atoms in total. The van der Waals surface area contributed by atoms with Gasteiger partial charge in [-0.15, -0.1) is 0 Å². The third-order valence-electron chi connectivity index (χ3n) is 2.50. The number of carbonyl (C=O) groups is 1. The number of hydrogen-bond acceptors (Lipinski definition) is 3. The first kappa shape index (κ1) is 14.2. The van der Waals surface area contributed by atoms with Crippen LogP contribution in [0.5, 0.6) is 0 Å². The summed E-state index contributed by atoms with van der Waals surface area (Å²) < 4.78 is 0. The van der Waals surface area contributed by atoms with Crippen molar-refractivity contribution in [3.63, 3.8) is 0 Å². The van der Waals surface area contributed by atoms with Crippen LogP contribution in [0.15, 0.2) is 18.3 Å². The van der Waals surface area contributed by atoms with Crippen molar-refractivity contribution in [2.45, 2.75) is 33.6 Å². The average molecular weight is 245 g/mol. The number of pyridine rings is 1. The fraction of sp³-hybridized carbons (Fsp3) is 0.500.